The van der Waals surface area contributed by atoms with Gasteiger partial charge >= 0.3 is 5.97 Å². The Morgan fingerprint density at radius 3 is 3.00 bits per heavy atom. The van der Waals surface area contributed by atoms with Gasteiger partial charge in [0.05, 0.1) is 12.7 Å². The molecule has 0 saturated heterocycles. The molecule has 0 spiro atoms. The monoisotopic (exact) mass is 313 g/mol. The van der Waals surface area contributed by atoms with Gasteiger partial charge in [-0.25, -0.2) is 4.79 Å². The molecule has 1 aromatic heterocycles. The Morgan fingerprint density at radius 1 is 1.47 bits per heavy atom. The molecule has 0 saturated carbocycles. The van der Waals surface area contributed by atoms with Gasteiger partial charge in [0.25, 0.3) is 0 Å². The number of rotatable bonds is 1. The Balaban J connectivity index is 2.67. The predicted molar refractivity (Wildman–Crippen MR) is 65.8 cm³/mol. The highest BCUT2D eigenvalue weighted by Crippen LogP contribution is 2.22. The van der Waals surface area contributed by atoms with Crippen LogP contribution in [-0.4, -0.2) is 18.1 Å². The van der Waals surface area contributed by atoms with Crippen LogP contribution in [0.2, 0.25) is 0 Å². The van der Waals surface area contributed by atoms with Crippen molar-refractivity contribution in [2.45, 2.75) is 0 Å². The fourth-order valence-electron chi connectivity index (χ4n) is 1.40. The Labute approximate surface area is 101 Å². The molecule has 2 aromatic rings. The van der Waals surface area contributed by atoms with Crippen LogP contribution in [0, 0.1) is 3.57 Å². The molecule has 0 N–H and O–H groups in total. The zero-order valence-corrected chi connectivity index (χ0v) is 10.2. The van der Waals surface area contributed by atoms with Crippen molar-refractivity contribution in [3.8, 4) is 0 Å². The number of aromatic nitrogens is 1. The third-order valence-corrected chi connectivity index (χ3v) is 3.02. The first kappa shape index (κ1) is 10.4. The molecule has 76 valence electrons. The maximum atomic E-state index is 11.4. The van der Waals surface area contributed by atoms with Gasteiger partial charge in [-0.2, -0.15) is 0 Å². The van der Waals surface area contributed by atoms with Crippen molar-refractivity contribution in [2.75, 3.05) is 7.11 Å². The van der Waals surface area contributed by atoms with Crippen LogP contribution in [0.1, 0.15) is 10.4 Å². The summed E-state index contributed by atoms with van der Waals surface area (Å²) in [6.45, 7) is 0. The molecule has 0 bridgehead atoms. The van der Waals surface area contributed by atoms with Crippen LogP contribution in [0.4, 0.5) is 0 Å². The highest BCUT2D eigenvalue weighted by molar-refractivity contribution is 14.1. The highest BCUT2D eigenvalue weighted by atomic mass is 127. The fourth-order valence-corrected chi connectivity index (χ4v) is 2.23. The van der Waals surface area contributed by atoms with Crippen LogP contribution in [0.15, 0.2) is 30.6 Å². The summed E-state index contributed by atoms with van der Waals surface area (Å²) in [6.07, 6.45) is 3.48. The van der Waals surface area contributed by atoms with E-state index < -0.39 is 0 Å². The predicted octanol–water partition coefficient (Wildman–Crippen LogP) is 2.63. The van der Waals surface area contributed by atoms with Crippen LogP contribution in [0.5, 0.6) is 0 Å². The highest BCUT2D eigenvalue weighted by Gasteiger charge is 2.08. The van der Waals surface area contributed by atoms with E-state index in [1.807, 2.05) is 12.1 Å². The number of hydrogen-bond donors (Lipinski definition) is 0. The Morgan fingerprint density at radius 2 is 2.27 bits per heavy atom. The average molecular weight is 313 g/mol. The summed E-state index contributed by atoms with van der Waals surface area (Å²) in [7, 11) is 1.38. The van der Waals surface area contributed by atoms with Gasteiger partial charge in [0, 0.05) is 21.4 Å². The first-order valence-corrected chi connectivity index (χ1v) is 5.42. The van der Waals surface area contributed by atoms with E-state index in [2.05, 4.69) is 32.3 Å². The molecule has 1 heterocycles. The lowest BCUT2D eigenvalue weighted by molar-refractivity contribution is 0.0601. The van der Waals surface area contributed by atoms with Crippen LogP contribution < -0.4 is 0 Å². The molecule has 0 radical (unpaired) electrons. The standard InChI is InChI=1S/C11H8INO2/c1-15-11(14)7-4-8-6-13-3-2-9(8)10(12)5-7/h2-6H,1H3. The van der Waals surface area contributed by atoms with Gasteiger partial charge in [0.15, 0.2) is 0 Å². The molecule has 0 fully saturated rings. The van der Waals surface area contributed by atoms with E-state index >= 15 is 0 Å². The zero-order valence-electron chi connectivity index (χ0n) is 8.03. The third-order valence-electron chi connectivity index (χ3n) is 2.12. The second kappa shape index (κ2) is 4.14. The Bertz CT molecular complexity index is 525. The first-order chi connectivity index (χ1) is 7.22. The van der Waals surface area contributed by atoms with Crippen LogP contribution >= 0.6 is 22.6 Å². The Kier molecular flexibility index (Phi) is 2.86. The van der Waals surface area contributed by atoms with Gasteiger partial charge in [-0.3, -0.25) is 4.98 Å². The summed E-state index contributed by atoms with van der Waals surface area (Å²) in [4.78, 5) is 15.4. The molecule has 0 aliphatic heterocycles. The zero-order chi connectivity index (χ0) is 10.8. The molecule has 0 unspecified atom stereocenters. The van der Waals surface area contributed by atoms with E-state index in [9.17, 15) is 4.79 Å². The molecule has 1 aromatic carbocycles. The number of halogens is 1. The molecular formula is C11H8INO2. The number of hydrogen-bond acceptors (Lipinski definition) is 3. The third kappa shape index (κ3) is 1.94. The van der Waals surface area contributed by atoms with E-state index in [4.69, 9.17) is 0 Å². The summed E-state index contributed by atoms with van der Waals surface area (Å²) < 4.78 is 5.70. The van der Waals surface area contributed by atoms with E-state index in [-0.39, 0.29) is 5.97 Å². The van der Waals surface area contributed by atoms with Gasteiger partial charge in [-0.1, -0.05) is 0 Å². The number of fused-ring (bicyclic) bond motifs is 1. The Hall–Kier alpha value is -1.17. The SMILES string of the molecule is COC(=O)c1cc(I)c2ccncc2c1. The van der Waals surface area contributed by atoms with Crippen LogP contribution in [0.3, 0.4) is 0 Å². The van der Waals surface area contributed by atoms with E-state index in [0.29, 0.717) is 5.56 Å². The smallest absolute Gasteiger partial charge is 0.337 e. The number of carbonyl (C=O) groups is 1. The second-order valence-electron chi connectivity index (χ2n) is 3.05. The number of pyridine rings is 1. The molecule has 0 aliphatic rings. The number of methoxy groups -OCH3 is 1. The van der Waals surface area contributed by atoms with Crippen molar-refractivity contribution in [1.82, 2.24) is 4.98 Å². The fraction of sp³-hybridized carbons (Fsp3) is 0.0909. The molecule has 3 nitrogen and oxygen atoms in total. The van der Waals surface area contributed by atoms with Gasteiger partial charge < -0.3 is 4.74 Å². The summed E-state index contributed by atoms with van der Waals surface area (Å²) >= 11 is 2.20. The van der Waals surface area contributed by atoms with E-state index in [0.717, 1.165) is 14.3 Å². The second-order valence-corrected chi connectivity index (χ2v) is 4.21. The van der Waals surface area contributed by atoms with Crippen molar-refractivity contribution in [3.63, 3.8) is 0 Å². The maximum Gasteiger partial charge on any atom is 0.337 e. The topological polar surface area (TPSA) is 39.2 Å². The van der Waals surface area contributed by atoms with Crippen molar-refractivity contribution >= 4 is 39.3 Å². The number of ether oxygens (including phenoxy) is 1. The average Bonchev–Trinajstić information content (AvgIpc) is 2.28. The van der Waals surface area contributed by atoms with Gasteiger partial charge in [0.2, 0.25) is 0 Å². The molecule has 4 heteroatoms. The molecule has 0 amide bonds. The van der Waals surface area contributed by atoms with Crippen molar-refractivity contribution in [1.29, 1.82) is 0 Å². The number of benzene rings is 1. The summed E-state index contributed by atoms with van der Waals surface area (Å²) in [5.74, 6) is -0.321. The van der Waals surface area contributed by atoms with Crippen molar-refractivity contribution < 1.29 is 9.53 Å². The van der Waals surface area contributed by atoms with Crippen molar-refractivity contribution in [3.05, 3.63) is 39.7 Å². The van der Waals surface area contributed by atoms with Crippen LogP contribution in [0.25, 0.3) is 10.8 Å². The first-order valence-electron chi connectivity index (χ1n) is 4.34. The molecule has 0 aliphatic carbocycles. The molecule has 15 heavy (non-hydrogen) atoms. The van der Waals surface area contributed by atoms with Gasteiger partial charge in [-0.15, -0.1) is 0 Å². The maximum absolute atomic E-state index is 11.4. The normalized spacial score (nSPS) is 10.3. The van der Waals surface area contributed by atoms with E-state index in [1.54, 1.807) is 18.5 Å². The van der Waals surface area contributed by atoms with Crippen LogP contribution in [-0.2, 0) is 4.74 Å². The minimum atomic E-state index is -0.321. The molecule has 2 rings (SSSR count). The number of nitrogens with zero attached hydrogens (tertiary/aromatic N) is 1. The van der Waals surface area contributed by atoms with Gasteiger partial charge in [0.1, 0.15) is 0 Å². The van der Waals surface area contributed by atoms with Gasteiger partial charge in [-0.05, 0) is 46.2 Å². The molecular weight excluding hydrogens is 305 g/mol. The largest absolute Gasteiger partial charge is 0.465 e. The minimum absolute atomic E-state index is 0.321. The molecule has 0 atom stereocenters. The minimum Gasteiger partial charge on any atom is -0.465 e. The number of carbonyl (C=O) groups excluding carboxylic acids is 1. The lowest BCUT2D eigenvalue weighted by Crippen LogP contribution is -2.01. The lowest BCUT2D eigenvalue weighted by atomic mass is 10.1. The summed E-state index contributed by atoms with van der Waals surface area (Å²) in [5, 5.41) is 2.04. The summed E-state index contributed by atoms with van der Waals surface area (Å²) in [5.41, 5.74) is 0.558. The quantitative estimate of drug-likeness (QED) is 0.600. The number of esters is 1. The summed E-state index contributed by atoms with van der Waals surface area (Å²) in [6, 6.07) is 5.53. The lowest BCUT2D eigenvalue weighted by Gasteiger charge is -2.03. The van der Waals surface area contributed by atoms with Crippen molar-refractivity contribution in [2.24, 2.45) is 0 Å². The van der Waals surface area contributed by atoms with E-state index in [1.165, 1.54) is 7.11 Å².